The summed E-state index contributed by atoms with van der Waals surface area (Å²) >= 11 is 0. The number of aromatic nitrogens is 2. The first kappa shape index (κ1) is 16.4. The van der Waals surface area contributed by atoms with E-state index >= 15 is 0 Å². The number of nitrogens with zero attached hydrogens (tertiary/aromatic N) is 3. The number of rotatable bonds is 4. The molecule has 1 fully saturated rings. The Labute approximate surface area is 143 Å². The van der Waals surface area contributed by atoms with Gasteiger partial charge in [0.05, 0.1) is 0 Å². The van der Waals surface area contributed by atoms with Gasteiger partial charge in [0.1, 0.15) is 5.69 Å². The largest absolute Gasteiger partial charge is 0.337 e. The molecule has 1 aliphatic heterocycles. The van der Waals surface area contributed by atoms with Crippen molar-refractivity contribution >= 4 is 17.5 Å². The fourth-order valence-corrected chi connectivity index (χ4v) is 2.90. The number of hydrogen-bond acceptors (Lipinski definition) is 4. The standard InChI is InChI=1S/C19H24N4O/c1-13(2)15-6-8-16(9-7-15)21-19-20-14(3)12-17(22-19)18(24)23-10-4-5-11-23/h6-9,12-13H,4-5,10-11H2,1-3H3,(H,20,21,22). The van der Waals surface area contributed by atoms with Gasteiger partial charge in [0.25, 0.3) is 5.91 Å². The highest BCUT2D eigenvalue weighted by Crippen LogP contribution is 2.20. The van der Waals surface area contributed by atoms with Gasteiger partial charge >= 0.3 is 0 Å². The number of nitrogens with one attached hydrogen (secondary N) is 1. The van der Waals surface area contributed by atoms with Gasteiger partial charge in [-0.1, -0.05) is 26.0 Å². The second kappa shape index (κ2) is 6.99. The maximum Gasteiger partial charge on any atom is 0.272 e. The molecule has 1 aliphatic rings. The van der Waals surface area contributed by atoms with Crippen LogP contribution in [0, 0.1) is 6.92 Å². The molecule has 5 nitrogen and oxygen atoms in total. The van der Waals surface area contributed by atoms with E-state index in [-0.39, 0.29) is 5.91 Å². The summed E-state index contributed by atoms with van der Waals surface area (Å²) in [5.74, 6) is 0.963. The number of likely N-dealkylation sites (tertiary alicyclic amines) is 1. The van der Waals surface area contributed by atoms with E-state index in [1.165, 1.54) is 5.56 Å². The van der Waals surface area contributed by atoms with Crippen molar-refractivity contribution < 1.29 is 4.79 Å². The molecule has 0 radical (unpaired) electrons. The van der Waals surface area contributed by atoms with E-state index in [4.69, 9.17) is 0 Å². The minimum Gasteiger partial charge on any atom is -0.337 e. The summed E-state index contributed by atoms with van der Waals surface area (Å²) in [4.78, 5) is 23.2. The predicted molar refractivity (Wildman–Crippen MR) is 95.7 cm³/mol. The van der Waals surface area contributed by atoms with Crippen LogP contribution in [0.4, 0.5) is 11.6 Å². The second-order valence-electron chi connectivity index (χ2n) is 6.62. The first-order valence-corrected chi connectivity index (χ1v) is 8.55. The highest BCUT2D eigenvalue weighted by molar-refractivity contribution is 5.92. The van der Waals surface area contributed by atoms with Crippen LogP contribution in [0.15, 0.2) is 30.3 Å². The lowest BCUT2D eigenvalue weighted by Crippen LogP contribution is -2.28. The average Bonchev–Trinajstić information content (AvgIpc) is 3.08. The van der Waals surface area contributed by atoms with E-state index in [0.29, 0.717) is 17.6 Å². The maximum atomic E-state index is 12.5. The zero-order chi connectivity index (χ0) is 17.1. The van der Waals surface area contributed by atoms with Crippen LogP contribution in [0.5, 0.6) is 0 Å². The van der Waals surface area contributed by atoms with Crippen LogP contribution in [0.25, 0.3) is 0 Å². The molecule has 0 bridgehead atoms. The van der Waals surface area contributed by atoms with Crippen LogP contribution < -0.4 is 5.32 Å². The lowest BCUT2D eigenvalue weighted by atomic mass is 10.0. The molecule has 1 amide bonds. The zero-order valence-electron chi connectivity index (χ0n) is 14.5. The summed E-state index contributed by atoms with van der Waals surface area (Å²) in [5, 5.41) is 3.20. The van der Waals surface area contributed by atoms with Crippen molar-refractivity contribution in [1.82, 2.24) is 14.9 Å². The summed E-state index contributed by atoms with van der Waals surface area (Å²) in [5.41, 5.74) is 3.46. The number of carbonyl (C=O) groups is 1. The number of anilines is 2. The van der Waals surface area contributed by atoms with E-state index in [0.717, 1.165) is 37.3 Å². The number of amides is 1. The maximum absolute atomic E-state index is 12.5. The third-order valence-corrected chi connectivity index (χ3v) is 4.30. The molecular formula is C19H24N4O. The molecule has 1 aromatic heterocycles. The molecule has 0 unspecified atom stereocenters. The quantitative estimate of drug-likeness (QED) is 0.927. The summed E-state index contributed by atoms with van der Waals surface area (Å²) in [6.45, 7) is 7.86. The van der Waals surface area contributed by atoms with Gasteiger partial charge in [-0.2, -0.15) is 0 Å². The Bertz CT molecular complexity index is 719. The number of aryl methyl sites for hydroxylation is 1. The fourth-order valence-electron chi connectivity index (χ4n) is 2.90. The molecule has 0 spiro atoms. The van der Waals surface area contributed by atoms with E-state index < -0.39 is 0 Å². The minimum atomic E-state index is -0.00351. The van der Waals surface area contributed by atoms with Gasteiger partial charge in [0, 0.05) is 24.5 Å². The Morgan fingerprint density at radius 1 is 1.12 bits per heavy atom. The van der Waals surface area contributed by atoms with Gasteiger partial charge in [-0.05, 0) is 49.4 Å². The molecule has 2 aromatic rings. The van der Waals surface area contributed by atoms with Crippen molar-refractivity contribution in [2.24, 2.45) is 0 Å². The van der Waals surface area contributed by atoms with Crippen molar-refractivity contribution in [2.75, 3.05) is 18.4 Å². The first-order valence-electron chi connectivity index (χ1n) is 8.55. The molecule has 3 rings (SSSR count). The van der Waals surface area contributed by atoms with Crippen LogP contribution in [-0.2, 0) is 0 Å². The first-order chi connectivity index (χ1) is 11.5. The Hall–Kier alpha value is -2.43. The molecule has 0 saturated carbocycles. The lowest BCUT2D eigenvalue weighted by molar-refractivity contribution is 0.0787. The minimum absolute atomic E-state index is 0.00351. The molecule has 1 saturated heterocycles. The van der Waals surface area contributed by atoms with E-state index in [2.05, 4.69) is 41.3 Å². The second-order valence-corrected chi connectivity index (χ2v) is 6.62. The monoisotopic (exact) mass is 324 g/mol. The molecule has 0 atom stereocenters. The molecule has 1 N–H and O–H groups in total. The van der Waals surface area contributed by atoms with Crippen LogP contribution in [0.3, 0.4) is 0 Å². The third-order valence-electron chi connectivity index (χ3n) is 4.30. The molecule has 5 heteroatoms. The number of carbonyl (C=O) groups excluding carboxylic acids is 1. The van der Waals surface area contributed by atoms with E-state index in [9.17, 15) is 4.79 Å². The molecule has 0 aliphatic carbocycles. The Balaban J connectivity index is 1.79. The van der Waals surface area contributed by atoms with Gasteiger partial charge < -0.3 is 10.2 Å². The third kappa shape index (κ3) is 3.72. The highest BCUT2D eigenvalue weighted by atomic mass is 16.2. The van der Waals surface area contributed by atoms with E-state index in [1.807, 2.05) is 24.0 Å². The van der Waals surface area contributed by atoms with Gasteiger partial charge in [0.2, 0.25) is 5.95 Å². The Morgan fingerprint density at radius 3 is 2.42 bits per heavy atom. The molecule has 126 valence electrons. The topological polar surface area (TPSA) is 58.1 Å². The summed E-state index contributed by atoms with van der Waals surface area (Å²) in [7, 11) is 0. The van der Waals surface area contributed by atoms with Crippen LogP contribution in [-0.4, -0.2) is 33.9 Å². The van der Waals surface area contributed by atoms with Gasteiger partial charge in [-0.3, -0.25) is 4.79 Å². The molecule has 24 heavy (non-hydrogen) atoms. The Kier molecular flexibility index (Phi) is 4.79. The van der Waals surface area contributed by atoms with E-state index in [1.54, 1.807) is 6.07 Å². The van der Waals surface area contributed by atoms with Crippen molar-refractivity contribution in [3.05, 3.63) is 47.3 Å². The summed E-state index contributed by atoms with van der Waals surface area (Å²) in [6.07, 6.45) is 2.15. The SMILES string of the molecule is Cc1cc(C(=O)N2CCCC2)nc(Nc2ccc(C(C)C)cc2)n1. The normalized spacial score (nSPS) is 14.2. The van der Waals surface area contributed by atoms with Crippen molar-refractivity contribution in [3.63, 3.8) is 0 Å². The Morgan fingerprint density at radius 2 is 1.79 bits per heavy atom. The zero-order valence-corrected chi connectivity index (χ0v) is 14.5. The number of hydrogen-bond donors (Lipinski definition) is 1. The number of benzene rings is 1. The van der Waals surface area contributed by atoms with Crippen LogP contribution in [0.2, 0.25) is 0 Å². The van der Waals surface area contributed by atoms with Crippen LogP contribution >= 0.6 is 0 Å². The van der Waals surface area contributed by atoms with Crippen molar-refractivity contribution in [2.45, 2.75) is 39.5 Å². The fraction of sp³-hybridized carbons (Fsp3) is 0.421. The lowest BCUT2D eigenvalue weighted by Gasteiger charge is -2.15. The molecule has 1 aromatic carbocycles. The van der Waals surface area contributed by atoms with Crippen LogP contribution in [0.1, 0.15) is 54.4 Å². The molecule has 2 heterocycles. The highest BCUT2D eigenvalue weighted by Gasteiger charge is 2.21. The van der Waals surface area contributed by atoms with Gasteiger partial charge in [-0.15, -0.1) is 0 Å². The average molecular weight is 324 g/mol. The van der Waals surface area contributed by atoms with Gasteiger partial charge in [0.15, 0.2) is 0 Å². The van der Waals surface area contributed by atoms with Crippen molar-refractivity contribution in [1.29, 1.82) is 0 Å². The smallest absolute Gasteiger partial charge is 0.272 e. The van der Waals surface area contributed by atoms with Gasteiger partial charge in [-0.25, -0.2) is 9.97 Å². The summed E-state index contributed by atoms with van der Waals surface area (Å²) < 4.78 is 0. The summed E-state index contributed by atoms with van der Waals surface area (Å²) in [6, 6.07) is 9.98. The predicted octanol–water partition coefficient (Wildman–Crippen LogP) is 3.89. The molecular weight excluding hydrogens is 300 g/mol. The van der Waals surface area contributed by atoms with Crippen molar-refractivity contribution in [3.8, 4) is 0 Å².